The molecule has 1 aliphatic rings. The van der Waals surface area contributed by atoms with Crippen LogP contribution < -0.4 is 0 Å². The second-order valence-corrected chi connectivity index (χ2v) is 4.54. The molecule has 2 aromatic heterocycles. The molecule has 106 valence electrons. The van der Waals surface area contributed by atoms with Crippen molar-refractivity contribution in [1.29, 1.82) is 0 Å². The molecule has 2 heterocycles. The van der Waals surface area contributed by atoms with Gasteiger partial charge in [-0.15, -0.1) is 0 Å². The van der Waals surface area contributed by atoms with Crippen molar-refractivity contribution in [3.05, 3.63) is 40.8 Å². The van der Waals surface area contributed by atoms with E-state index in [9.17, 15) is 4.79 Å². The summed E-state index contributed by atoms with van der Waals surface area (Å²) in [7, 11) is 0. The number of aromatic nitrogens is 3. The van der Waals surface area contributed by atoms with E-state index in [0.717, 1.165) is 36.1 Å². The Hall–Kier alpha value is -2.17. The minimum atomic E-state index is -0.959. The number of pyridine rings is 1. The van der Waals surface area contributed by atoms with Crippen molar-refractivity contribution >= 4 is 5.97 Å². The van der Waals surface area contributed by atoms with Crippen molar-refractivity contribution in [2.75, 3.05) is 0 Å². The first kappa shape index (κ1) is 14.2. The molecule has 0 aliphatic heterocycles. The molecule has 0 unspecified atom stereocenters. The summed E-state index contributed by atoms with van der Waals surface area (Å²) >= 11 is 0. The molecular formula is C15H19N3O2. The Labute approximate surface area is 118 Å². The van der Waals surface area contributed by atoms with Gasteiger partial charge in [0.15, 0.2) is 11.5 Å². The first-order valence-electron chi connectivity index (χ1n) is 6.94. The number of rotatable bonds is 2. The van der Waals surface area contributed by atoms with Crippen LogP contribution in [0.15, 0.2) is 18.3 Å². The zero-order valence-corrected chi connectivity index (χ0v) is 12.1. The van der Waals surface area contributed by atoms with E-state index < -0.39 is 5.97 Å². The summed E-state index contributed by atoms with van der Waals surface area (Å²) in [5.41, 5.74) is 3.11. The van der Waals surface area contributed by atoms with Crippen LogP contribution >= 0.6 is 0 Å². The average Bonchev–Trinajstić information content (AvgIpc) is 3.02. The summed E-state index contributed by atoms with van der Waals surface area (Å²) < 4.78 is 1.68. The lowest BCUT2D eigenvalue weighted by molar-refractivity contribution is 0.0689. The van der Waals surface area contributed by atoms with E-state index in [0.29, 0.717) is 5.82 Å². The van der Waals surface area contributed by atoms with Gasteiger partial charge in [0, 0.05) is 11.8 Å². The normalized spacial score (nSPS) is 12.6. The lowest BCUT2D eigenvalue weighted by Crippen LogP contribution is -2.06. The molecule has 0 bridgehead atoms. The number of hydrogen-bond donors (Lipinski definition) is 1. The van der Waals surface area contributed by atoms with Gasteiger partial charge in [0.1, 0.15) is 0 Å². The number of carbonyl (C=O) groups is 1. The third-order valence-corrected chi connectivity index (χ3v) is 3.25. The van der Waals surface area contributed by atoms with Gasteiger partial charge in [0.05, 0.1) is 5.69 Å². The van der Waals surface area contributed by atoms with E-state index in [1.807, 2.05) is 32.9 Å². The fourth-order valence-corrected chi connectivity index (χ4v) is 2.43. The van der Waals surface area contributed by atoms with Gasteiger partial charge in [0.25, 0.3) is 0 Å². The molecule has 20 heavy (non-hydrogen) atoms. The standard InChI is InChI=1S/C13H13N3O2.C2H6/c1-8-5-6-14-11(7-8)16-10-4-2-3-9(10)12(15-16)13(17)18;1-2/h5-7H,2-4H2,1H3,(H,17,18);1-2H3. The van der Waals surface area contributed by atoms with E-state index in [1.165, 1.54) is 0 Å². The van der Waals surface area contributed by atoms with Crippen LogP contribution in [0.2, 0.25) is 0 Å². The smallest absolute Gasteiger partial charge is 0.356 e. The van der Waals surface area contributed by atoms with Crippen LogP contribution in [-0.2, 0) is 12.8 Å². The number of carboxylic acid groups (broad SMARTS) is 1. The number of carboxylic acids is 1. The van der Waals surface area contributed by atoms with Crippen molar-refractivity contribution in [2.45, 2.75) is 40.0 Å². The van der Waals surface area contributed by atoms with Crippen LogP contribution in [0.1, 0.15) is 47.6 Å². The first-order chi connectivity index (χ1) is 9.66. The van der Waals surface area contributed by atoms with Gasteiger partial charge in [-0.05, 0) is 43.9 Å². The van der Waals surface area contributed by atoms with Crippen LogP contribution in [-0.4, -0.2) is 25.8 Å². The summed E-state index contributed by atoms with van der Waals surface area (Å²) in [5.74, 6) is -0.264. The van der Waals surface area contributed by atoms with Crippen LogP contribution in [0, 0.1) is 6.92 Å². The maximum absolute atomic E-state index is 11.2. The molecule has 0 saturated carbocycles. The molecule has 1 N–H and O–H groups in total. The molecule has 2 aromatic rings. The van der Waals surface area contributed by atoms with E-state index in [4.69, 9.17) is 5.11 Å². The Morgan fingerprint density at radius 2 is 2.10 bits per heavy atom. The molecule has 0 saturated heterocycles. The summed E-state index contributed by atoms with van der Waals surface area (Å²) in [6, 6.07) is 3.82. The summed E-state index contributed by atoms with van der Waals surface area (Å²) in [6.45, 7) is 5.98. The number of aryl methyl sites for hydroxylation is 1. The SMILES string of the molecule is CC.Cc1ccnc(-n2nc(C(=O)O)c3c2CCC3)c1. The van der Waals surface area contributed by atoms with Crippen LogP contribution in [0.25, 0.3) is 5.82 Å². The third-order valence-electron chi connectivity index (χ3n) is 3.25. The van der Waals surface area contributed by atoms with Crippen LogP contribution in [0.5, 0.6) is 0 Å². The zero-order valence-electron chi connectivity index (χ0n) is 12.1. The lowest BCUT2D eigenvalue weighted by Gasteiger charge is -2.04. The highest BCUT2D eigenvalue weighted by Gasteiger charge is 2.26. The summed E-state index contributed by atoms with van der Waals surface area (Å²) in [6.07, 6.45) is 4.36. The monoisotopic (exact) mass is 273 g/mol. The van der Waals surface area contributed by atoms with Crippen molar-refractivity contribution in [3.63, 3.8) is 0 Å². The number of aromatic carboxylic acids is 1. The molecule has 0 atom stereocenters. The van der Waals surface area contributed by atoms with Gasteiger partial charge in [0.2, 0.25) is 0 Å². The maximum atomic E-state index is 11.2. The molecule has 0 amide bonds. The molecule has 3 rings (SSSR count). The van der Waals surface area contributed by atoms with E-state index in [1.54, 1.807) is 10.9 Å². The topological polar surface area (TPSA) is 68.0 Å². The van der Waals surface area contributed by atoms with E-state index in [-0.39, 0.29) is 5.69 Å². The average molecular weight is 273 g/mol. The summed E-state index contributed by atoms with van der Waals surface area (Å²) in [4.78, 5) is 15.4. The Morgan fingerprint density at radius 1 is 1.35 bits per heavy atom. The highest BCUT2D eigenvalue weighted by Crippen LogP contribution is 2.27. The van der Waals surface area contributed by atoms with Gasteiger partial charge >= 0.3 is 5.97 Å². The zero-order chi connectivity index (χ0) is 14.7. The minimum absolute atomic E-state index is 0.172. The molecule has 5 heteroatoms. The Kier molecular flexibility index (Phi) is 4.17. The molecular weight excluding hydrogens is 254 g/mol. The minimum Gasteiger partial charge on any atom is -0.476 e. The van der Waals surface area contributed by atoms with Crippen molar-refractivity contribution in [3.8, 4) is 5.82 Å². The maximum Gasteiger partial charge on any atom is 0.356 e. The number of fused-ring (bicyclic) bond motifs is 1. The highest BCUT2D eigenvalue weighted by atomic mass is 16.4. The molecule has 1 aliphatic carbocycles. The Morgan fingerprint density at radius 3 is 2.75 bits per heavy atom. The Balaban J connectivity index is 0.000000704. The molecule has 0 spiro atoms. The van der Waals surface area contributed by atoms with Gasteiger partial charge < -0.3 is 5.11 Å². The van der Waals surface area contributed by atoms with Gasteiger partial charge in [-0.25, -0.2) is 14.5 Å². The van der Waals surface area contributed by atoms with Gasteiger partial charge in [-0.1, -0.05) is 13.8 Å². The van der Waals surface area contributed by atoms with E-state index >= 15 is 0 Å². The van der Waals surface area contributed by atoms with Crippen molar-refractivity contribution in [1.82, 2.24) is 14.8 Å². The van der Waals surface area contributed by atoms with Gasteiger partial charge in [-0.3, -0.25) is 0 Å². The molecule has 0 fully saturated rings. The molecule has 0 aromatic carbocycles. The van der Waals surface area contributed by atoms with Crippen LogP contribution in [0.3, 0.4) is 0 Å². The van der Waals surface area contributed by atoms with E-state index in [2.05, 4.69) is 10.1 Å². The second kappa shape index (κ2) is 5.86. The predicted octanol–water partition coefficient (Wildman–Crippen LogP) is 2.79. The first-order valence-corrected chi connectivity index (χ1v) is 6.94. The molecule has 5 nitrogen and oxygen atoms in total. The third kappa shape index (κ3) is 2.43. The number of hydrogen-bond acceptors (Lipinski definition) is 3. The molecule has 0 radical (unpaired) electrons. The van der Waals surface area contributed by atoms with Crippen molar-refractivity contribution in [2.24, 2.45) is 0 Å². The lowest BCUT2D eigenvalue weighted by atomic mass is 10.2. The predicted molar refractivity (Wildman–Crippen MR) is 76.4 cm³/mol. The number of nitrogens with zero attached hydrogens (tertiary/aromatic N) is 3. The quantitative estimate of drug-likeness (QED) is 0.913. The fourth-order valence-electron chi connectivity index (χ4n) is 2.43. The van der Waals surface area contributed by atoms with Crippen molar-refractivity contribution < 1.29 is 9.90 Å². The Bertz CT molecular complexity index is 632. The summed E-state index contributed by atoms with van der Waals surface area (Å²) in [5, 5.41) is 13.4. The van der Waals surface area contributed by atoms with Gasteiger partial charge in [-0.2, -0.15) is 5.10 Å². The largest absolute Gasteiger partial charge is 0.476 e. The van der Waals surface area contributed by atoms with Crippen LogP contribution in [0.4, 0.5) is 0 Å². The fraction of sp³-hybridized carbons (Fsp3) is 0.400. The second-order valence-electron chi connectivity index (χ2n) is 4.54. The highest BCUT2D eigenvalue weighted by molar-refractivity contribution is 5.87.